The highest BCUT2D eigenvalue weighted by molar-refractivity contribution is 4.81. The first-order valence-corrected chi connectivity index (χ1v) is 5.55. The van der Waals surface area contributed by atoms with Gasteiger partial charge < -0.3 is 10.4 Å². The van der Waals surface area contributed by atoms with Crippen LogP contribution in [0, 0.1) is 11.8 Å². The Hall–Kier alpha value is -0.0800. The van der Waals surface area contributed by atoms with Crippen LogP contribution in [0.1, 0.15) is 40.0 Å². The van der Waals surface area contributed by atoms with Crippen LogP contribution in [-0.4, -0.2) is 23.8 Å². The fraction of sp³-hybridized carbons (Fsp3) is 1.00. The Labute approximate surface area is 81.7 Å². The maximum Gasteiger partial charge on any atom is 0.0546 e. The first-order chi connectivity index (χ1) is 6.13. The molecular formula is C11H23NO. The van der Waals surface area contributed by atoms with Crippen molar-refractivity contribution in [3.05, 3.63) is 0 Å². The Kier molecular flexibility index (Phi) is 4.20. The molecule has 0 aromatic carbocycles. The summed E-state index contributed by atoms with van der Waals surface area (Å²) in [5, 5.41) is 12.7. The van der Waals surface area contributed by atoms with Gasteiger partial charge in [-0.1, -0.05) is 20.8 Å². The molecule has 0 radical (unpaired) electrons. The van der Waals surface area contributed by atoms with Crippen LogP contribution in [0.2, 0.25) is 0 Å². The molecule has 0 spiro atoms. The lowest BCUT2D eigenvalue weighted by molar-refractivity contribution is 0.0410. The third-order valence-electron chi connectivity index (χ3n) is 3.12. The van der Waals surface area contributed by atoms with Crippen LogP contribution in [-0.2, 0) is 0 Å². The van der Waals surface area contributed by atoms with E-state index in [1.54, 1.807) is 0 Å². The van der Waals surface area contributed by atoms with Crippen molar-refractivity contribution in [3.63, 3.8) is 0 Å². The van der Waals surface area contributed by atoms with Crippen molar-refractivity contribution in [2.45, 2.75) is 52.2 Å². The van der Waals surface area contributed by atoms with E-state index in [1.807, 2.05) is 0 Å². The molecule has 0 aliphatic heterocycles. The van der Waals surface area contributed by atoms with Gasteiger partial charge in [0, 0.05) is 6.04 Å². The van der Waals surface area contributed by atoms with Crippen molar-refractivity contribution in [2.24, 2.45) is 11.8 Å². The molecule has 0 saturated heterocycles. The van der Waals surface area contributed by atoms with Gasteiger partial charge in [0.1, 0.15) is 0 Å². The Morgan fingerprint density at radius 3 is 2.38 bits per heavy atom. The number of aliphatic hydroxyl groups is 1. The minimum Gasteiger partial charge on any atom is -0.393 e. The molecule has 78 valence electrons. The molecule has 2 nitrogen and oxygen atoms in total. The lowest BCUT2D eigenvalue weighted by Crippen LogP contribution is -2.41. The third-order valence-corrected chi connectivity index (χ3v) is 3.12. The Balaban J connectivity index is 2.10. The van der Waals surface area contributed by atoms with Crippen molar-refractivity contribution in [2.75, 3.05) is 6.54 Å². The summed E-state index contributed by atoms with van der Waals surface area (Å²) >= 11 is 0. The van der Waals surface area contributed by atoms with Gasteiger partial charge in [-0.05, 0) is 37.6 Å². The minimum atomic E-state index is -0.00840. The molecule has 0 aromatic heterocycles. The second kappa shape index (κ2) is 4.97. The normalized spacial score (nSPS) is 30.2. The fourth-order valence-electron chi connectivity index (χ4n) is 2.04. The minimum absolute atomic E-state index is 0.00840. The Bertz CT molecular complexity index is 141. The molecule has 1 aliphatic rings. The summed E-state index contributed by atoms with van der Waals surface area (Å²) in [6.45, 7) is 7.84. The first kappa shape index (κ1) is 11.0. The summed E-state index contributed by atoms with van der Waals surface area (Å²) in [6.07, 6.45) is 3.20. The van der Waals surface area contributed by atoms with Gasteiger partial charge in [-0.15, -0.1) is 0 Å². The molecule has 1 saturated carbocycles. The molecule has 1 atom stereocenters. The number of hydrogen-bond donors (Lipinski definition) is 2. The van der Waals surface area contributed by atoms with E-state index in [0.29, 0.717) is 6.04 Å². The lowest BCUT2D eigenvalue weighted by Gasteiger charge is -2.33. The summed E-state index contributed by atoms with van der Waals surface area (Å²) in [6, 6.07) is 0.651. The smallest absolute Gasteiger partial charge is 0.0546 e. The largest absolute Gasteiger partial charge is 0.393 e. The van der Waals surface area contributed by atoms with Gasteiger partial charge in [-0.2, -0.15) is 0 Å². The number of aliphatic hydroxyl groups excluding tert-OH is 1. The SMILES string of the molecule is CCC(NCC1CC(O)C1)C(C)C. The van der Waals surface area contributed by atoms with Crippen LogP contribution < -0.4 is 5.32 Å². The maximum absolute atomic E-state index is 9.12. The summed E-state index contributed by atoms with van der Waals surface area (Å²) in [5.41, 5.74) is 0. The maximum atomic E-state index is 9.12. The molecule has 1 unspecified atom stereocenters. The predicted molar refractivity (Wildman–Crippen MR) is 55.7 cm³/mol. The van der Waals surface area contributed by atoms with E-state index in [9.17, 15) is 0 Å². The van der Waals surface area contributed by atoms with E-state index in [1.165, 1.54) is 6.42 Å². The highest BCUT2D eigenvalue weighted by Crippen LogP contribution is 2.26. The number of rotatable bonds is 5. The second-order valence-electron chi connectivity index (χ2n) is 4.66. The van der Waals surface area contributed by atoms with Crippen molar-refractivity contribution in [3.8, 4) is 0 Å². The highest BCUT2D eigenvalue weighted by atomic mass is 16.3. The van der Waals surface area contributed by atoms with Crippen molar-refractivity contribution >= 4 is 0 Å². The summed E-state index contributed by atoms with van der Waals surface area (Å²) < 4.78 is 0. The van der Waals surface area contributed by atoms with E-state index in [4.69, 9.17) is 5.11 Å². The summed E-state index contributed by atoms with van der Waals surface area (Å²) in [7, 11) is 0. The van der Waals surface area contributed by atoms with Crippen molar-refractivity contribution in [1.29, 1.82) is 0 Å². The van der Waals surface area contributed by atoms with Crippen LogP contribution in [0.25, 0.3) is 0 Å². The second-order valence-corrected chi connectivity index (χ2v) is 4.66. The molecule has 1 rings (SSSR count). The molecule has 2 heteroatoms. The third kappa shape index (κ3) is 3.28. The van der Waals surface area contributed by atoms with Gasteiger partial charge in [0.05, 0.1) is 6.10 Å². The average molecular weight is 185 g/mol. The summed E-state index contributed by atoms with van der Waals surface area (Å²) in [5.74, 6) is 1.44. The molecule has 1 aliphatic carbocycles. The van der Waals surface area contributed by atoms with E-state index in [2.05, 4.69) is 26.1 Å². The zero-order valence-electron chi connectivity index (χ0n) is 9.09. The van der Waals surface area contributed by atoms with E-state index in [0.717, 1.165) is 31.2 Å². The molecule has 2 N–H and O–H groups in total. The molecule has 0 aromatic rings. The zero-order valence-corrected chi connectivity index (χ0v) is 9.09. The van der Waals surface area contributed by atoms with Crippen LogP contribution in [0.4, 0.5) is 0 Å². The molecule has 0 heterocycles. The lowest BCUT2D eigenvalue weighted by atomic mass is 9.82. The van der Waals surface area contributed by atoms with Gasteiger partial charge in [0.2, 0.25) is 0 Å². The standard InChI is InChI=1S/C11H23NO/c1-4-11(8(2)3)12-7-9-5-10(13)6-9/h8-13H,4-7H2,1-3H3. The monoisotopic (exact) mass is 185 g/mol. The topological polar surface area (TPSA) is 32.3 Å². The zero-order chi connectivity index (χ0) is 9.84. The number of hydrogen-bond acceptors (Lipinski definition) is 2. The Morgan fingerprint density at radius 2 is 2.00 bits per heavy atom. The van der Waals surface area contributed by atoms with Crippen LogP contribution in [0.15, 0.2) is 0 Å². The molecule has 0 amide bonds. The van der Waals surface area contributed by atoms with Gasteiger partial charge in [-0.25, -0.2) is 0 Å². The van der Waals surface area contributed by atoms with Crippen molar-refractivity contribution < 1.29 is 5.11 Å². The molecule has 0 bridgehead atoms. The van der Waals surface area contributed by atoms with Gasteiger partial charge >= 0.3 is 0 Å². The molecular weight excluding hydrogens is 162 g/mol. The van der Waals surface area contributed by atoms with E-state index in [-0.39, 0.29) is 6.10 Å². The summed E-state index contributed by atoms with van der Waals surface area (Å²) in [4.78, 5) is 0. The van der Waals surface area contributed by atoms with E-state index < -0.39 is 0 Å². The highest BCUT2D eigenvalue weighted by Gasteiger charge is 2.27. The predicted octanol–water partition coefficient (Wildman–Crippen LogP) is 1.78. The van der Waals surface area contributed by atoms with Crippen LogP contribution in [0.5, 0.6) is 0 Å². The van der Waals surface area contributed by atoms with Crippen LogP contribution >= 0.6 is 0 Å². The Morgan fingerprint density at radius 1 is 1.38 bits per heavy atom. The molecule has 1 fully saturated rings. The fourth-order valence-corrected chi connectivity index (χ4v) is 2.04. The van der Waals surface area contributed by atoms with Crippen LogP contribution in [0.3, 0.4) is 0 Å². The first-order valence-electron chi connectivity index (χ1n) is 5.55. The van der Waals surface area contributed by atoms with E-state index >= 15 is 0 Å². The van der Waals surface area contributed by atoms with Gasteiger partial charge in [-0.3, -0.25) is 0 Å². The quantitative estimate of drug-likeness (QED) is 0.684. The van der Waals surface area contributed by atoms with Gasteiger partial charge in [0.15, 0.2) is 0 Å². The van der Waals surface area contributed by atoms with Crippen molar-refractivity contribution in [1.82, 2.24) is 5.32 Å². The average Bonchev–Trinajstić information content (AvgIpc) is 2.01. The molecule has 13 heavy (non-hydrogen) atoms. The van der Waals surface area contributed by atoms with Gasteiger partial charge in [0.25, 0.3) is 0 Å². The number of nitrogens with one attached hydrogen (secondary N) is 1.